The summed E-state index contributed by atoms with van der Waals surface area (Å²) in [6, 6.07) is 8.02. The smallest absolute Gasteiger partial charge is 0.319 e. The summed E-state index contributed by atoms with van der Waals surface area (Å²) < 4.78 is 5.48. The third kappa shape index (κ3) is 4.44. The van der Waals surface area contributed by atoms with Crippen LogP contribution in [0.25, 0.3) is 0 Å². The summed E-state index contributed by atoms with van der Waals surface area (Å²) >= 11 is 0. The molecular weight excluding hydrogens is 266 g/mol. The van der Waals surface area contributed by atoms with Crippen LogP contribution in [0.1, 0.15) is 31.9 Å². The SMILES string of the molecule is CNC(C)c1ccc(NC(=O)NCC2CCOC2C)cc1. The fourth-order valence-electron chi connectivity index (χ4n) is 2.47. The molecule has 1 aliphatic heterocycles. The zero-order valence-corrected chi connectivity index (χ0v) is 13.0. The number of ether oxygens (including phenoxy) is 1. The van der Waals surface area contributed by atoms with Crippen molar-refractivity contribution in [3.05, 3.63) is 29.8 Å². The van der Waals surface area contributed by atoms with Gasteiger partial charge in [0.2, 0.25) is 0 Å². The number of rotatable bonds is 5. The number of amides is 2. The molecule has 1 saturated heterocycles. The molecular formula is C16H25N3O2. The Bertz CT molecular complexity index is 461. The van der Waals surface area contributed by atoms with E-state index in [9.17, 15) is 4.79 Å². The normalized spacial score (nSPS) is 22.8. The van der Waals surface area contributed by atoms with E-state index in [1.54, 1.807) is 0 Å². The van der Waals surface area contributed by atoms with Gasteiger partial charge in [0.1, 0.15) is 0 Å². The molecule has 0 bridgehead atoms. The molecule has 1 aromatic rings. The first-order valence-electron chi connectivity index (χ1n) is 7.54. The summed E-state index contributed by atoms with van der Waals surface area (Å²) in [6.07, 6.45) is 1.24. The Morgan fingerprint density at radius 3 is 2.67 bits per heavy atom. The van der Waals surface area contributed by atoms with Crippen LogP contribution < -0.4 is 16.0 Å². The maximum Gasteiger partial charge on any atom is 0.319 e. The second kappa shape index (κ2) is 7.43. The molecule has 1 heterocycles. The number of carbonyl (C=O) groups excluding carboxylic acids is 1. The molecule has 5 heteroatoms. The van der Waals surface area contributed by atoms with Crippen LogP contribution in [-0.2, 0) is 4.74 Å². The second-order valence-corrected chi connectivity index (χ2v) is 5.59. The first kappa shape index (κ1) is 15.8. The molecule has 1 aliphatic rings. The minimum atomic E-state index is -0.163. The molecule has 3 atom stereocenters. The lowest BCUT2D eigenvalue weighted by molar-refractivity contribution is 0.106. The zero-order chi connectivity index (χ0) is 15.2. The number of hydrogen-bond acceptors (Lipinski definition) is 3. The molecule has 3 unspecified atom stereocenters. The van der Waals surface area contributed by atoms with Gasteiger partial charge in [-0.2, -0.15) is 0 Å². The molecule has 2 rings (SSSR count). The summed E-state index contributed by atoms with van der Waals surface area (Å²) in [5.41, 5.74) is 2.00. The van der Waals surface area contributed by atoms with Crippen molar-refractivity contribution in [3.63, 3.8) is 0 Å². The number of hydrogen-bond donors (Lipinski definition) is 3. The molecule has 21 heavy (non-hydrogen) atoms. The van der Waals surface area contributed by atoms with Crippen molar-refractivity contribution in [2.24, 2.45) is 5.92 Å². The Labute approximate surface area is 126 Å². The Morgan fingerprint density at radius 2 is 2.10 bits per heavy atom. The predicted molar refractivity (Wildman–Crippen MR) is 84.5 cm³/mol. The number of anilines is 1. The summed E-state index contributed by atoms with van der Waals surface area (Å²) in [7, 11) is 1.93. The highest BCUT2D eigenvalue weighted by Crippen LogP contribution is 2.19. The maximum atomic E-state index is 11.9. The topological polar surface area (TPSA) is 62.4 Å². The fraction of sp³-hybridized carbons (Fsp3) is 0.562. The molecule has 1 fully saturated rings. The summed E-state index contributed by atoms with van der Waals surface area (Å²) in [4.78, 5) is 11.9. The van der Waals surface area contributed by atoms with E-state index in [1.165, 1.54) is 5.56 Å². The minimum Gasteiger partial charge on any atom is -0.378 e. The van der Waals surface area contributed by atoms with Gasteiger partial charge < -0.3 is 20.7 Å². The average molecular weight is 291 g/mol. The highest BCUT2D eigenvalue weighted by molar-refractivity contribution is 5.89. The van der Waals surface area contributed by atoms with E-state index < -0.39 is 0 Å². The van der Waals surface area contributed by atoms with Crippen LogP contribution >= 0.6 is 0 Å². The summed E-state index contributed by atoms with van der Waals surface area (Å²) in [5, 5.41) is 8.95. The van der Waals surface area contributed by atoms with Gasteiger partial charge in [0.15, 0.2) is 0 Å². The van der Waals surface area contributed by atoms with E-state index in [2.05, 4.69) is 29.8 Å². The van der Waals surface area contributed by atoms with Gasteiger partial charge in [0, 0.05) is 30.8 Å². The van der Waals surface area contributed by atoms with Crippen LogP contribution in [0.3, 0.4) is 0 Å². The van der Waals surface area contributed by atoms with Crippen LogP contribution in [0.2, 0.25) is 0 Å². The van der Waals surface area contributed by atoms with Crippen LogP contribution in [0.4, 0.5) is 10.5 Å². The maximum absolute atomic E-state index is 11.9. The van der Waals surface area contributed by atoms with Crippen molar-refractivity contribution in [1.29, 1.82) is 0 Å². The standard InChI is InChI=1S/C16H25N3O2/c1-11(17-3)13-4-6-15(7-5-13)19-16(20)18-10-14-8-9-21-12(14)2/h4-7,11-12,14,17H,8-10H2,1-3H3,(H2,18,19,20). The molecule has 0 radical (unpaired) electrons. The van der Waals surface area contributed by atoms with Gasteiger partial charge in [0.05, 0.1) is 6.10 Å². The lowest BCUT2D eigenvalue weighted by Crippen LogP contribution is -2.35. The van der Waals surface area contributed by atoms with E-state index in [4.69, 9.17) is 4.74 Å². The predicted octanol–water partition coefficient (Wildman–Crippen LogP) is 2.51. The van der Waals surface area contributed by atoms with E-state index in [1.807, 2.05) is 31.3 Å². The van der Waals surface area contributed by atoms with Gasteiger partial charge in [-0.3, -0.25) is 0 Å². The second-order valence-electron chi connectivity index (χ2n) is 5.59. The largest absolute Gasteiger partial charge is 0.378 e. The van der Waals surface area contributed by atoms with Crippen LogP contribution in [0.15, 0.2) is 24.3 Å². The lowest BCUT2D eigenvalue weighted by atomic mass is 10.0. The fourth-order valence-corrected chi connectivity index (χ4v) is 2.47. The number of urea groups is 1. The lowest BCUT2D eigenvalue weighted by Gasteiger charge is -2.15. The summed E-state index contributed by atoms with van der Waals surface area (Å²) in [5.74, 6) is 0.412. The number of carbonyl (C=O) groups is 1. The first-order chi connectivity index (χ1) is 10.1. The summed E-state index contributed by atoms with van der Waals surface area (Å²) in [6.45, 7) is 5.60. The average Bonchev–Trinajstić information content (AvgIpc) is 2.90. The van der Waals surface area contributed by atoms with Crippen LogP contribution in [0, 0.1) is 5.92 Å². The first-order valence-corrected chi connectivity index (χ1v) is 7.54. The molecule has 3 N–H and O–H groups in total. The van der Waals surface area contributed by atoms with E-state index in [-0.39, 0.29) is 12.1 Å². The molecule has 0 aliphatic carbocycles. The highest BCUT2D eigenvalue weighted by atomic mass is 16.5. The minimum absolute atomic E-state index is 0.163. The molecule has 0 aromatic heterocycles. The molecule has 5 nitrogen and oxygen atoms in total. The quantitative estimate of drug-likeness (QED) is 0.781. The van der Waals surface area contributed by atoms with E-state index in [0.717, 1.165) is 18.7 Å². The monoisotopic (exact) mass is 291 g/mol. The van der Waals surface area contributed by atoms with Gasteiger partial charge in [0.25, 0.3) is 0 Å². The van der Waals surface area contributed by atoms with Gasteiger partial charge in [-0.1, -0.05) is 12.1 Å². The van der Waals surface area contributed by atoms with Crippen LogP contribution in [0.5, 0.6) is 0 Å². The Morgan fingerprint density at radius 1 is 1.38 bits per heavy atom. The van der Waals surface area contributed by atoms with Gasteiger partial charge >= 0.3 is 6.03 Å². The van der Waals surface area contributed by atoms with Crippen molar-refractivity contribution in [1.82, 2.24) is 10.6 Å². The number of nitrogens with one attached hydrogen (secondary N) is 3. The molecule has 0 saturated carbocycles. The van der Waals surface area contributed by atoms with Crippen molar-refractivity contribution in [2.45, 2.75) is 32.4 Å². The van der Waals surface area contributed by atoms with Crippen molar-refractivity contribution < 1.29 is 9.53 Å². The number of benzene rings is 1. The third-order valence-electron chi connectivity index (χ3n) is 4.16. The Kier molecular flexibility index (Phi) is 5.59. The van der Waals surface area contributed by atoms with Crippen LogP contribution in [-0.4, -0.2) is 32.3 Å². The Balaban J connectivity index is 1.79. The van der Waals surface area contributed by atoms with E-state index in [0.29, 0.717) is 18.5 Å². The molecule has 116 valence electrons. The molecule has 0 spiro atoms. The third-order valence-corrected chi connectivity index (χ3v) is 4.16. The highest BCUT2D eigenvalue weighted by Gasteiger charge is 2.24. The Hall–Kier alpha value is -1.59. The van der Waals surface area contributed by atoms with E-state index >= 15 is 0 Å². The van der Waals surface area contributed by atoms with Crippen molar-refractivity contribution >= 4 is 11.7 Å². The van der Waals surface area contributed by atoms with Crippen molar-refractivity contribution in [3.8, 4) is 0 Å². The molecule has 1 aromatic carbocycles. The zero-order valence-electron chi connectivity index (χ0n) is 13.0. The molecule has 2 amide bonds. The van der Waals surface area contributed by atoms with Crippen molar-refractivity contribution in [2.75, 3.05) is 25.5 Å². The van der Waals surface area contributed by atoms with Gasteiger partial charge in [-0.25, -0.2) is 4.79 Å². The van der Waals surface area contributed by atoms with Gasteiger partial charge in [-0.05, 0) is 45.0 Å². The van der Waals surface area contributed by atoms with Gasteiger partial charge in [-0.15, -0.1) is 0 Å².